The first-order valence-electron chi connectivity index (χ1n) is 11.1. The Kier molecular flexibility index (Phi) is 7.57. The zero-order valence-electron chi connectivity index (χ0n) is 19.3. The summed E-state index contributed by atoms with van der Waals surface area (Å²) in [6.45, 7) is 0.658. The molecule has 8 nitrogen and oxygen atoms in total. The van der Waals surface area contributed by atoms with Crippen LogP contribution in [-0.2, 0) is 27.6 Å². The lowest BCUT2D eigenvalue weighted by Crippen LogP contribution is -2.38. The maximum atomic E-state index is 12.8. The predicted octanol–water partition coefficient (Wildman–Crippen LogP) is 2.93. The van der Waals surface area contributed by atoms with Gasteiger partial charge >= 0.3 is 0 Å². The van der Waals surface area contributed by atoms with Gasteiger partial charge in [-0.25, -0.2) is 8.42 Å². The fourth-order valence-corrected chi connectivity index (χ4v) is 6.61. The molecular formula is C24H28N4O4S2. The van der Waals surface area contributed by atoms with Gasteiger partial charge in [-0.3, -0.25) is 4.79 Å². The number of ether oxygens (including phenoxy) is 1. The molecule has 1 aromatic heterocycles. The molecule has 1 atom stereocenters. The van der Waals surface area contributed by atoms with Crippen LogP contribution in [0.25, 0.3) is 11.4 Å². The van der Waals surface area contributed by atoms with E-state index in [1.54, 1.807) is 19.1 Å². The van der Waals surface area contributed by atoms with Gasteiger partial charge in [0.2, 0.25) is 5.91 Å². The van der Waals surface area contributed by atoms with Crippen molar-refractivity contribution in [3.63, 3.8) is 0 Å². The number of hydrogen-bond acceptors (Lipinski definition) is 7. The highest BCUT2D eigenvalue weighted by Crippen LogP contribution is 2.27. The fourth-order valence-electron chi connectivity index (χ4n) is 3.95. The van der Waals surface area contributed by atoms with Gasteiger partial charge in [0.1, 0.15) is 5.75 Å². The van der Waals surface area contributed by atoms with E-state index in [1.807, 2.05) is 47.0 Å². The standard InChI is InChI=1S/C24H28N4O4S2/c1-27(20-13-15-34(30,31)17-20)22(29)16-33-24-26-25-23(19-8-10-21(32-2)11-9-19)28(24)14-12-18-6-4-3-5-7-18/h3-11,20H,12-17H2,1-2H3/t20-/m0/s1. The second kappa shape index (κ2) is 10.6. The summed E-state index contributed by atoms with van der Waals surface area (Å²) in [5, 5.41) is 9.45. The van der Waals surface area contributed by atoms with Crippen LogP contribution in [-0.4, -0.2) is 71.4 Å². The molecule has 0 aliphatic carbocycles. The second-order valence-corrected chi connectivity index (χ2v) is 11.4. The monoisotopic (exact) mass is 500 g/mol. The number of hydrogen-bond donors (Lipinski definition) is 0. The molecule has 1 amide bonds. The quantitative estimate of drug-likeness (QED) is 0.417. The Labute approximate surface area is 204 Å². The molecule has 180 valence electrons. The summed E-state index contributed by atoms with van der Waals surface area (Å²) in [7, 11) is 0.254. The molecule has 2 aromatic carbocycles. The minimum atomic E-state index is -3.05. The van der Waals surface area contributed by atoms with Gasteiger partial charge in [-0.1, -0.05) is 42.1 Å². The lowest BCUT2D eigenvalue weighted by Gasteiger charge is -2.23. The lowest BCUT2D eigenvalue weighted by atomic mass is 10.1. The zero-order valence-corrected chi connectivity index (χ0v) is 20.9. The van der Waals surface area contributed by atoms with Gasteiger partial charge in [-0.15, -0.1) is 10.2 Å². The van der Waals surface area contributed by atoms with Gasteiger partial charge in [0.15, 0.2) is 20.8 Å². The Hall–Kier alpha value is -2.85. The molecule has 10 heteroatoms. The molecule has 2 heterocycles. The Morgan fingerprint density at radius 2 is 1.88 bits per heavy atom. The van der Waals surface area contributed by atoms with Crippen LogP contribution in [0.15, 0.2) is 59.8 Å². The van der Waals surface area contributed by atoms with Gasteiger partial charge in [0.25, 0.3) is 0 Å². The minimum absolute atomic E-state index is 0.0365. The summed E-state index contributed by atoms with van der Waals surface area (Å²) in [5.74, 6) is 1.71. The molecule has 1 saturated heterocycles. The van der Waals surface area contributed by atoms with Crippen molar-refractivity contribution < 1.29 is 17.9 Å². The SMILES string of the molecule is COc1ccc(-c2nnc(SCC(=O)N(C)[C@H]3CCS(=O)(=O)C3)n2CCc2ccccc2)cc1. The first-order chi connectivity index (χ1) is 16.4. The van der Waals surface area contributed by atoms with Crippen LogP contribution < -0.4 is 4.74 Å². The maximum absolute atomic E-state index is 12.8. The van der Waals surface area contributed by atoms with Gasteiger partial charge in [0, 0.05) is 25.2 Å². The molecule has 0 saturated carbocycles. The summed E-state index contributed by atoms with van der Waals surface area (Å²) < 4.78 is 30.9. The topological polar surface area (TPSA) is 94.4 Å². The van der Waals surface area contributed by atoms with Gasteiger partial charge in [-0.2, -0.15) is 0 Å². The first kappa shape index (κ1) is 24.3. The first-order valence-corrected chi connectivity index (χ1v) is 13.9. The van der Waals surface area contributed by atoms with Crippen LogP contribution >= 0.6 is 11.8 Å². The molecule has 0 unspecified atom stereocenters. The van der Waals surface area contributed by atoms with Crippen LogP contribution in [0.1, 0.15) is 12.0 Å². The Morgan fingerprint density at radius 1 is 1.15 bits per heavy atom. The predicted molar refractivity (Wildman–Crippen MR) is 133 cm³/mol. The Balaban J connectivity index is 1.51. The molecular weight excluding hydrogens is 472 g/mol. The van der Waals surface area contributed by atoms with Crippen molar-refractivity contribution in [1.82, 2.24) is 19.7 Å². The average molecular weight is 501 g/mol. The van der Waals surface area contributed by atoms with E-state index in [2.05, 4.69) is 22.3 Å². The van der Waals surface area contributed by atoms with Crippen LogP contribution in [0, 0.1) is 0 Å². The number of carbonyl (C=O) groups is 1. The Morgan fingerprint density at radius 3 is 2.53 bits per heavy atom. The molecule has 1 aliphatic heterocycles. The zero-order chi connectivity index (χ0) is 24.1. The molecule has 34 heavy (non-hydrogen) atoms. The average Bonchev–Trinajstić information content (AvgIpc) is 3.43. The van der Waals surface area contributed by atoms with Crippen molar-refractivity contribution in [1.29, 1.82) is 0 Å². The number of aryl methyl sites for hydroxylation is 1. The smallest absolute Gasteiger partial charge is 0.233 e. The van der Waals surface area contributed by atoms with Crippen molar-refractivity contribution in [2.24, 2.45) is 0 Å². The van der Waals surface area contributed by atoms with E-state index in [4.69, 9.17) is 4.74 Å². The summed E-state index contributed by atoms with van der Waals surface area (Å²) in [6.07, 6.45) is 1.29. The number of amides is 1. The van der Waals surface area contributed by atoms with Crippen molar-refractivity contribution >= 4 is 27.5 Å². The third kappa shape index (κ3) is 5.79. The van der Waals surface area contributed by atoms with E-state index in [9.17, 15) is 13.2 Å². The molecule has 0 spiro atoms. The number of carbonyl (C=O) groups excluding carboxylic acids is 1. The molecule has 1 fully saturated rings. The van der Waals surface area contributed by atoms with E-state index in [-0.39, 0.29) is 29.2 Å². The van der Waals surface area contributed by atoms with Crippen molar-refractivity contribution in [3.8, 4) is 17.1 Å². The Bertz CT molecular complexity index is 1230. The molecule has 0 bridgehead atoms. The largest absolute Gasteiger partial charge is 0.497 e. The molecule has 0 N–H and O–H groups in total. The maximum Gasteiger partial charge on any atom is 0.233 e. The van der Waals surface area contributed by atoms with Gasteiger partial charge in [0.05, 0.1) is 24.4 Å². The third-order valence-electron chi connectivity index (χ3n) is 6.01. The lowest BCUT2D eigenvalue weighted by molar-refractivity contribution is -0.128. The summed E-state index contributed by atoms with van der Waals surface area (Å²) in [6, 6.07) is 17.6. The van der Waals surface area contributed by atoms with Crippen LogP contribution in [0.5, 0.6) is 5.75 Å². The third-order valence-corrected chi connectivity index (χ3v) is 8.71. The number of methoxy groups -OCH3 is 1. The van der Waals surface area contributed by atoms with E-state index < -0.39 is 9.84 Å². The number of thioether (sulfide) groups is 1. The van der Waals surface area contributed by atoms with Crippen molar-refractivity contribution in [2.75, 3.05) is 31.4 Å². The van der Waals surface area contributed by atoms with Crippen molar-refractivity contribution in [3.05, 3.63) is 60.2 Å². The van der Waals surface area contributed by atoms with Crippen molar-refractivity contribution in [2.45, 2.75) is 30.6 Å². The van der Waals surface area contributed by atoms with E-state index in [0.29, 0.717) is 18.1 Å². The number of sulfone groups is 1. The minimum Gasteiger partial charge on any atom is -0.497 e. The van der Waals surface area contributed by atoms with Crippen LogP contribution in [0.4, 0.5) is 0 Å². The summed E-state index contributed by atoms with van der Waals surface area (Å²) >= 11 is 1.32. The van der Waals surface area contributed by atoms with Crippen LogP contribution in [0.2, 0.25) is 0 Å². The van der Waals surface area contributed by atoms with E-state index in [0.717, 1.165) is 23.6 Å². The highest BCUT2D eigenvalue weighted by molar-refractivity contribution is 7.99. The summed E-state index contributed by atoms with van der Waals surface area (Å²) in [4.78, 5) is 14.4. The molecule has 0 radical (unpaired) electrons. The molecule has 4 rings (SSSR count). The number of rotatable bonds is 9. The highest BCUT2D eigenvalue weighted by atomic mass is 32.2. The van der Waals surface area contributed by atoms with E-state index in [1.165, 1.54) is 17.3 Å². The van der Waals surface area contributed by atoms with Gasteiger partial charge in [-0.05, 0) is 42.7 Å². The van der Waals surface area contributed by atoms with Gasteiger partial charge < -0.3 is 14.2 Å². The highest BCUT2D eigenvalue weighted by Gasteiger charge is 2.32. The molecule has 1 aliphatic rings. The van der Waals surface area contributed by atoms with Crippen LogP contribution in [0.3, 0.4) is 0 Å². The number of aromatic nitrogens is 3. The van der Waals surface area contributed by atoms with E-state index >= 15 is 0 Å². The summed E-state index contributed by atoms with van der Waals surface area (Å²) in [5.41, 5.74) is 2.11. The normalized spacial score (nSPS) is 16.9. The number of benzene rings is 2. The number of nitrogens with zero attached hydrogens (tertiary/aromatic N) is 4. The second-order valence-electron chi connectivity index (χ2n) is 8.27. The fraction of sp³-hybridized carbons (Fsp3) is 0.375. The molecule has 3 aromatic rings.